The average molecular weight is 256 g/mol. The Kier molecular flexibility index (Phi) is 4.12. The molecule has 17 heavy (non-hydrogen) atoms. The van der Waals surface area contributed by atoms with Crippen molar-refractivity contribution in [3.63, 3.8) is 0 Å². The number of alkyl halides is 1. The van der Waals surface area contributed by atoms with Gasteiger partial charge in [-0.25, -0.2) is 0 Å². The van der Waals surface area contributed by atoms with Gasteiger partial charge >= 0.3 is 0 Å². The first-order chi connectivity index (χ1) is 8.27. The van der Waals surface area contributed by atoms with Gasteiger partial charge in [0, 0.05) is 6.54 Å². The Hall–Kier alpha value is -0.940. The smallest absolute Gasteiger partial charge is 0.241 e. The third kappa shape index (κ3) is 2.50. The molecule has 3 nitrogen and oxygen atoms in total. The third-order valence-corrected chi connectivity index (χ3v) is 3.75. The maximum Gasteiger partial charge on any atom is 0.241 e. The zero-order valence-electron chi connectivity index (χ0n) is 9.86. The van der Waals surface area contributed by atoms with Crippen LogP contribution in [0.2, 0.25) is 0 Å². The van der Waals surface area contributed by atoms with Gasteiger partial charge in [-0.2, -0.15) is 11.3 Å². The van der Waals surface area contributed by atoms with E-state index in [1.165, 1.54) is 0 Å². The number of nitrogens with zero attached hydrogens (tertiary/aromatic N) is 1. The summed E-state index contributed by atoms with van der Waals surface area (Å²) < 4.78 is 12.3. The zero-order valence-corrected chi connectivity index (χ0v) is 10.7. The summed E-state index contributed by atoms with van der Waals surface area (Å²) >= 11 is 1.61. The van der Waals surface area contributed by atoms with E-state index in [0.717, 1.165) is 12.0 Å². The average Bonchev–Trinajstić information content (AvgIpc) is 2.94. The van der Waals surface area contributed by atoms with Crippen LogP contribution in [0.5, 0.6) is 0 Å². The van der Waals surface area contributed by atoms with Crippen LogP contribution >= 0.6 is 11.3 Å². The van der Waals surface area contributed by atoms with Gasteiger partial charge in [0.1, 0.15) is 6.17 Å². The number of hydrogen-bond donors (Lipinski definition) is 1. The van der Waals surface area contributed by atoms with E-state index in [1.807, 2.05) is 23.8 Å². The fraction of sp³-hybridized carbons (Fsp3) is 0.583. The van der Waals surface area contributed by atoms with Crippen molar-refractivity contribution < 1.29 is 9.18 Å². The summed E-state index contributed by atoms with van der Waals surface area (Å²) in [5, 5.41) is 7.34. The Morgan fingerprint density at radius 1 is 1.59 bits per heavy atom. The summed E-state index contributed by atoms with van der Waals surface area (Å²) in [5.41, 5.74) is 1.10. The maximum atomic E-state index is 12.3. The summed E-state index contributed by atoms with van der Waals surface area (Å²) in [6.07, 6.45) is 1.10. The molecular weight excluding hydrogens is 239 g/mol. The number of carbonyl (C=O) groups is 1. The summed E-state index contributed by atoms with van der Waals surface area (Å²) in [5.74, 6) is 0.0946. The normalized spacial score (nSPS) is 24.6. The molecule has 0 spiro atoms. The molecule has 2 atom stereocenters. The molecule has 1 amide bonds. The number of amides is 1. The first-order valence-electron chi connectivity index (χ1n) is 5.92. The van der Waals surface area contributed by atoms with E-state index in [9.17, 15) is 9.18 Å². The summed E-state index contributed by atoms with van der Waals surface area (Å²) in [6.45, 7) is 2.09. The van der Waals surface area contributed by atoms with Crippen LogP contribution in [0, 0.1) is 0 Å². The first-order valence-corrected chi connectivity index (χ1v) is 6.86. The van der Waals surface area contributed by atoms with Crippen molar-refractivity contribution in [3.05, 3.63) is 22.4 Å². The number of halogens is 1. The van der Waals surface area contributed by atoms with Gasteiger partial charge in [-0.3, -0.25) is 14.5 Å². The molecule has 1 fully saturated rings. The predicted octanol–water partition coefficient (Wildman–Crippen LogP) is 2.32. The minimum atomic E-state index is -0.378. The monoisotopic (exact) mass is 256 g/mol. The van der Waals surface area contributed by atoms with E-state index in [4.69, 9.17) is 0 Å². The highest BCUT2D eigenvalue weighted by Crippen LogP contribution is 2.27. The lowest BCUT2D eigenvalue weighted by atomic mass is 10.2. The standard InChI is InChI=1S/C12H17FN2OS/c1-2-10-12(16)15(6-3-5-13)11(14-10)9-4-7-17-8-9/h4,7-8,10-11,14H,2-3,5-6H2,1H3. The number of carbonyl (C=O) groups excluding carboxylic acids is 1. The van der Waals surface area contributed by atoms with Crippen molar-refractivity contribution in [2.75, 3.05) is 13.2 Å². The summed E-state index contributed by atoms with van der Waals surface area (Å²) in [4.78, 5) is 13.9. The second-order valence-corrected chi connectivity index (χ2v) is 4.94. The second kappa shape index (κ2) is 5.60. The van der Waals surface area contributed by atoms with E-state index < -0.39 is 0 Å². The largest absolute Gasteiger partial charge is 0.321 e. The van der Waals surface area contributed by atoms with Crippen LogP contribution in [-0.2, 0) is 4.79 Å². The number of hydrogen-bond acceptors (Lipinski definition) is 3. The van der Waals surface area contributed by atoms with Crippen LogP contribution in [0.25, 0.3) is 0 Å². The van der Waals surface area contributed by atoms with Gasteiger partial charge in [0.2, 0.25) is 5.91 Å². The van der Waals surface area contributed by atoms with Crippen LogP contribution in [0.3, 0.4) is 0 Å². The predicted molar refractivity (Wildman–Crippen MR) is 66.6 cm³/mol. The number of rotatable bonds is 5. The lowest BCUT2D eigenvalue weighted by molar-refractivity contribution is -0.130. The van der Waals surface area contributed by atoms with Crippen molar-refractivity contribution >= 4 is 17.2 Å². The van der Waals surface area contributed by atoms with E-state index >= 15 is 0 Å². The molecule has 0 bridgehead atoms. The molecule has 0 aromatic carbocycles. The molecule has 1 N–H and O–H groups in total. The molecule has 94 valence electrons. The van der Waals surface area contributed by atoms with Crippen molar-refractivity contribution in [2.45, 2.75) is 32.0 Å². The minimum absolute atomic E-state index is 0.0785. The van der Waals surface area contributed by atoms with Gasteiger partial charge in [-0.05, 0) is 35.2 Å². The fourth-order valence-corrected chi connectivity index (χ4v) is 2.83. The Morgan fingerprint density at radius 3 is 3.00 bits per heavy atom. The van der Waals surface area contributed by atoms with Crippen molar-refractivity contribution in [1.29, 1.82) is 0 Å². The Morgan fingerprint density at radius 2 is 2.41 bits per heavy atom. The lowest BCUT2D eigenvalue weighted by Crippen LogP contribution is -2.32. The highest BCUT2D eigenvalue weighted by atomic mass is 32.1. The minimum Gasteiger partial charge on any atom is -0.321 e. The molecule has 1 saturated heterocycles. The quantitative estimate of drug-likeness (QED) is 0.877. The molecule has 1 aliphatic rings. The van der Waals surface area contributed by atoms with Gasteiger partial charge in [0.15, 0.2) is 0 Å². The highest BCUT2D eigenvalue weighted by molar-refractivity contribution is 7.07. The zero-order chi connectivity index (χ0) is 12.3. The van der Waals surface area contributed by atoms with Gasteiger partial charge < -0.3 is 4.90 Å². The topological polar surface area (TPSA) is 32.3 Å². The highest BCUT2D eigenvalue weighted by Gasteiger charge is 2.38. The lowest BCUT2D eigenvalue weighted by Gasteiger charge is -2.23. The van der Waals surface area contributed by atoms with E-state index in [1.54, 1.807) is 16.2 Å². The SMILES string of the molecule is CCC1NC(c2ccsc2)N(CCCF)C1=O. The third-order valence-electron chi connectivity index (χ3n) is 3.05. The van der Waals surface area contributed by atoms with Gasteiger partial charge in [0.05, 0.1) is 12.7 Å². The van der Waals surface area contributed by atoms with Crippen LogP contribution in [-0.4, -0.2) is 30.1 Å². The van der Waals surface area contributed by atoms with Crippen LogP contribution in [0.15, 0.2) is 16.8 Å². The van der Waals surface area contributed by atoms with Crippen molar-refractivity contribution in [1.82, 2.24) is 10.2 Å². The molecule has 1 aromatic heterocycles. The van der Waals surface area contributed by atoms with Gasteiger partial charge in [0.25, 0.3) is 0 Å². The molecule has 0 radical (unpaired) electrons. The van der Waals surface area contributed by atoms with Crippen LogP contribution in [0.1, 0.15) is 31.5 Å². The Bertz CT molecular complexity index is 369. The second-order valence-electron chi connectivity index (χ2n) is 4.16. The molecule has 2 rings (SSSR count). The molecule has 5 heteroatoms. The molecule has 0 saturated carbocycles. The Balaban J connectivity index is 2.15. The fourth-order valence-electron chi connectivity index (χ4n) is 2.15. The molecule has 2 unspecified atom stereocenters. The van der Waals surface area contributed by atoms with Crippen molar-refractivity contribution in [3.8, 4) is 0 Å². The maximum absolute atomic E-state index is 12.3. The van der Waals surface area contributed by atoms with Crippen LogP contribution < -0.4 is 5.32 Å². The van der Waals surface area contributed by atoms with E-state index in [0.29, 0.717) is 13.0 Å². The summed E-state index contributed by atoms with van der Waals surface area (Å²) in [7, 11) is 0. The first kappa shape index (κ1) is 12.5. The molecule has 1 aliphatic heterocycles. The molecule has 1 aromatic rings. The van der Waals surface area contributed by atoms with Crippen LogP contribution in [0.4, 0.5) is 4.39 Å². The van der Waals surface area contributed by atoms with Gasteiger partial charge in [-0.15, -0.1) is 0 Å². The molecule has 0 aliphatic carbocycles. The number of thiophene rings is 1. The molecule has 2 heterocycles. The van der Waals surface area contributed by atoms with E-state index in [2.05, 4.69) is 5.32 Å². The molecular formula is C12H17FN2OS. The Labute approximate surface area is 105 Å². The van der Waals surface area contributed by atoms with E-state index in [-0.39, 0.29) is 24.8 Å². The number of nitrogens with one attached hydrogen (secondary N) is 1. The van der Waals surface area contributed by atoms with Gasteiger partial charge in [-0.1, -0.05) is 6.92 Å². The summed E-state index contributed by atoms with van der Waals surface area (Å²) in [6, 6.07) is 1.88. The van der Waals surface area contributed by atoms with Crippen molar-refractivity contribution in [2.24, 2.45) is 0 Å².